The number of sulfone groups is 1. The summed E-state index contributed by atoms with van der Waals surface area (Å²) >= 11 is 0. The number of nitrogens with zero attached hydrogens (tertiary/aromatic N) is 1. The third kappa shape index (κ3) is 3.74. The van der Waals surface area contributed by atoms with Crippen LogP contribution >= 0.6 is 0 Å². The van der Waals surface area contributed by atoms with E-state index in [4.69, 9.17) is 5.73 Å². The molecule has 0 aliphatic carbocycles. The van der Waals surface area contributed by atoms with E-state index in [1.165, 1.54) is 0 Å². The molecule has 1 aliphatic heterocycles. The van der Waals surface area contributed by atoms with Crippen molar-refractivity contribution < 1.29 is 21.9 Å². The second kappa shape index (κ2) is 6.48. The molecule has 1 aromatic carbocycles. The fourth-order valence-corrected chi connectivity index (χ4v) is 6.66. The summed E-state index contributed by atoms with van der Waals surface area (Å²) in [6.45, 7) is 3.44. The topological polar surface area (TPSA) is 118 Å². The van der Waals surface area contributed by atoms with Gasteiger partial charge in [0.2, 0.25) is 10.0 Å². The van der Waals surface area contributed by atoms with Gasteiger partial charge in [0, 0.05) is 13.1 Å². The average Bonchev–Trinajstić information content (AvgIpc) is 2.71. The van der Waals surface area contributed by atoms with Crippen molar-refractivity contribution in [2.24, 2.45) is 5.73 Å². The van der Waals surface area contributed by atoms with Crippen LogP contribution in [-0.4, -0.2) is 63.0 Å². The predicted octanol–water partition coefficient (Wildman–Crippen LogP) is -0.589. The number of aliphatic hydroxyl groups excluding tert-OH is 1. The van der Waals surface area contributed by atoms with Gasteiger partial charge in [-0.3, -0.25) is 0 Å². The summed E-state index contributed by atoms with van der Waals surface area (Å²) < 4.78 is 50.5. The summed E-state index contributed by atoms with van der Waals surface area (Å²) in [5, 5.41) is 10.0. The van der Waals surface area contributed by atoms with E-state index < -0.39 is 43.5 Å². The van der Waals surface area contributed by atoms with E-state index in [0.717, 1.165) is 9.87 Å². The zero-order chi connectivity index (χ0) is 17.4. The Kier molecular flexibility index (Phi) is 5.17. The van der Waals surface area contributed by atoms with Gasteiger partial charge in [0.15, 0.2) is 9.84 Å². The molecule has 1 fully saturated rings. The van der Waals surface area contributed by atoms with Crippen LogP contribution in [0.5, 0.6) is 0 Å². The Morgan fingerprint density at radius 1 is 1.30 bits per heavy atom. The Labute approximate surface area is 137 Å². The first-order valence-corrected chi connectivity index (χ1v) is 10.5. The van der Waals surface area contributed by atoms with Crippen LogP contribution in [-0.2, 0) is 19.9 Å². The highest BCUT2D eigenvalue weighted by molar-refractivity contribution is 7.92. The van der Waals surface area contributed by atoms with E-state index >= 15 is 0 Å². The van der Waals surface area contributed by atoms with Gasteiger partial charge in [-0.25, -0.2) is 16.8 Å². The molecule has 130 valence electrons. The summed E-state index contributed by atoms with van der Waals surface area (Å²) in [4.78, 5) is 0.113. The molecule has 23 heavy (non-hydrogen) atoms. The first kappa shape index (κ1) is 18.3. The van der Waals surface area contributed by atoms with Crippen molar-refractivity contribution in [1.29, 1.82) is 0 Å². The molecule has 9 heteroatoms. The van der Waals surface area contributed by atoms with E-state index in [0.29, 0.717) is 5.56 Å². The highest BCUT2D eigenvalue weighted by atomic mass is 32.2. The molecule has 1 aliphatic rings. The second-order valence-corrected chi connectivity index (χ2v) is 9.90. The first-order chi connectivity index (χ1) is 10.6. The van der Waals surface area contributed by atoms with Crippen LogP contribution in [0.25, 0.3) is 0 Å². The van der Waals surface area contributed by atoms with Gasteiger partial charge in [-0.2, -0.15) is 4.31 Å². The van der Waals surface area contributed by atoms with Gasteiger partial charge in [0.25, 0.3) is 0 Å². The molecule has 1 heterocycles. The maximum absolute atomic E-state index is 13.0. The van der Waals surface area contributed by atoms with Gasteiger partial charge >= 0.3 is 0 Å². The average molecular weight is 362 g/mol. The molecule has 2 atom stereocenters. The Balaban J connectivity index is 2.50. The number of rotatable bonds is 5. The number of sulfonamides is 1. The molecular formula is C14H22N2O5S2. The fourth-order valence-electron chi connectivity index (χ4n) is 2.79. The minimum atomic E-state index is -3.95. The van der Waals surface area contributed by atoms with Crippen LogP contribution in [0.15, 0.2) is 23.1 Å². The van der Waals surface area contributed by atoms with Crippen molar-refractivity contribution in [3.8, 4) is 0 Å². The van der Waals surface area contributed by atoms with Crippen molar-refractivity contribution in [2.45, 2.75) is 30.9 Å². The molecule has 1 saturated heterocycles. The lowest BCUT2D eigenvalue weighted by atomic mass is 10.2. The molecule has 7 nitrogen and oxygen atoms in total. The van der Waals surface area contributed by atoms with Crippen LogP contribution < -0.4 is 5.73 Å². The third-order valence-corrected chi connectivity index (χ3v) is 7.71. The lowest BCUT2D eigenvalue weighted by Gasteiger charge is -2.29. The number of benzene rings is 1. The van der Waals surface area contributed by atoms with E-state index in [2.05, 4.69) is 0 Å². The van der Waals surface area contributed by atoms with Gasteiger partial charge in [-0.15, -0.1) is 0 Å². The Bertz CT molecular complexity index is 789. The highest BCUT2D eigenvalue weighted by Crippen LogP contribution is 2.27. The zero-order valence-electron chi connectivity index (χ0n) is 13.1. The van der Waals surface area contributed by atoms with Gasteiger partial charge < -0.3 is 10.8 Å². The molecule has 0 aromatic heterocycles. The van der Waals surface area contributed by atoms with Gasteiger partial charge in [0.05, 0.1) is 28.5 Å². The fraction of sp³-hybridized carbons (Fsp3) is 0.571. The number of hydrogen-bond donors (Lipinski definition) is 2. The lowest BCUT2D eigenvalue weighted by Crippen LogP contribution is -2.48. The van der Waals surface area contributed by atoms with Gasteiger partial charge in [-0.1, -0.05) is 12.1 Å². The number of aryl methyl sites for hydroxylation is 2. The molecule has 0 amide bonds. The molecular weight excluding hydrogens is 340 g/mol. The van der Waals surface area contributed by atoms with Crippen LogP contribution in [0.1, 0.15) is 11.1 Å². The lowest BCUT2D eigenvalue weighted by molar-refractivity contribution is 0.129. The molecule has 0 spiro atoms. The van der Waals surface area contributed by atoms with Crippen LogP contribution in [0.2, 0.25) is 0 Å². The molecule has 3 N–H and O–H groups in total. The quantitative estimate of drug-likeness (QED) is 0.723. The predicted molar refractivity (Wildman–Crippen MR) is 87.3 cm³/mol. The van der Waals surface area contributed by atoms with Gasteiger partial charge in [0.1, 0.15) is 0 Å². The smallest absolute Gasteiger partial charge is 0.243 e. The van der Waals surface area contributed by atoms with Crippen molar-refractivity contribution in [2.75, 3.05) is 24.6 Å². The number of hydrogen-bond acceptors (Lipinski definition) is 6. The van der Waals surface area contributed by atoms with Crippen LogP contribution in [0, 0.1) is 13.8 Å². The maximum atomic E-state index is 13.0. The molecule has 0 radical (unpaired) electrons. The highest BCUT2D eigenvalue weighted by Gasteiger charge is 2.44. The van der Waals surface area contributed by atoms with Crippen LogP contribution in [0.3, 0.4) is 0 Å². The van der Waals surface area contributed by atoms with Crippen LogP contribution in [0.4, 0.5) is 0 Å². The van der Waals surface area contributed by atoms with Crippen molar-refractivity contribution in [1.82, 2.24) is 4.31 Å². The summed E-state index contributed by atoms with van der Waals surface area (Å²) in [6.07, 6.45) is -1.24. The van der Waals surface area contributed by atoms with Crippen molar-refractivity contribution >= 4 is 19.9 Å². The Hall–Kier alpha value is -1.00. The van der Waals surface area contributed by atoms with Crippen molar-refractivity contribution in [3.63, 3.8) is 0 Å². The third-order valence-electron chi connectivity index (χ3n) is 3.94. The summed E-state index contributed by atoms with van der Waals surface area (Å²) in [5.74, 6) is -0.820. The summed E-state index contributed by atoms with van der Waals surface area (Å²) in [6, 6.07) is 4.04. The Morgan fingerprint density at radius 2 is 1.96 bits per heavy atom. The standard InChI is InChI=1S/C14H22N2O5S2/c1-10-3-4-11(2)14(7-10)23(20,21)16(6-5-15)12-8-22(18,19)9-13(12)17/h3-4,7,12-13,17H,5-6,8-9,15H2,1-2H3/t12-,13+/m0/s1. The normalized spacial score (nSPS) is 24.2. The summed E-state index contributed by atoms with van der Waals surface area (Å²) in [7, 11) is -7.42. The van der Waals surface area contributed by atoms with E-state index in [9.17, 15) is 21.9 Å². The molecule has 0 bridgehead atoms. The number of nitrogens with two attached hydrogens (primary N) is 1. The van der Waals surface area contributed by atoms with Crippen molar-refractivity contribution in [3.05, 3.63) is 29.3 Å². The SMILES string of the molecule is Cc1ccc(C)c(S(=O)(=O)N(CCN)[C@H]2CS(=O)(=O)C[C@H]2O)c1. The molecule has 2 rings (SSSR count). The Morgan fingerprint density at radius 3 is 2.48 bits per heavy atom. The molecule has 0 unspecified atom stereocenters. The molecule has 0 saturated carbocycles. The van der Waals surface area contributed by atoms with E-state index in [-0.39, 0.29) is 18.0 Å². The van der Waals surface area contributed by atoms with Gasteiger partial charge in [-0.05, 0) is 31.0 Å². The van der Waals surface area contributed by atoms with E-state index in [1.807, 2.05) is 0 Å². The van der Waals surface area contributed by atoms with E-state index in [1.54, 1.807) is 32.0 Å². The maximum Gasteiger partial charge on any atom is 0.243 e. The minimum absolute atomic E-state index is 0.0351. The monoisotopic (exact) mass is 362 g/mol. The largest absolute Gasteiger partial charge is 0.390 e. The summed E-state index contributed by atoms with van der Waals surface area (Å²) in [5.41, 5.74) is 6.86. The molecule has 1 aromatic rings. The first-order valence-electron chi connectivity index (χ1n) is 7.26. The minimum Gasteiger partial charge on any atom is -0.390 e. The second-order valence-electron chi connectivity index (χ2n) is 5.88. The number of aliphatic hydroxyl groups is 1. The zero-order valence-corrected chi connectivity index (χ0v) is 14.8.